The molecule has 2 atom stereocenters. The van der Waals surface area contributed by atoms with Crippen LogP contribution in [0.5, 0.6) is 5.75 Å². The van der Waals surface area contributed by atoms with Crippen LogP contribution < -0.4 is 19.3 Å². The Labute approximate surface area is 138 Å². The lowest BCUT2D eigenvalue weighted by atomic mass is 10.1. The highest BCUT2D eigenvalue weighted by Crippen LogP contribution is 2.35. The zero-order valence-corrected chi connectivity index (χ0v) is 14.8. The largest absolute Gasteiger partial charge is 0.495 e. The first-order chi connectivity index (χ1) is 10.9. The Morgan fingerprint density at radius 1 is 1.22 bits per heavy atom. The molecule has 0 aliphatic carbocycles. The molecule has 2 aliphatic rings. The number of hydrogen-bond donors (Lipinski definition) is 1. The van der Waals surface area contributed by atoms with Crippen molar-refractivity contribution < 1.29 is 13.2 Å². The summed E-state index contributed by atoms with van der Waals surface area (Å²) >= 11 is 0. The molecule has 1 aromatic rings. The summed E-state index contributed by atoms with van der Waals surface area (Å²) in [6, 6.07) is 6.41. The molecule has 6 nitrogen and oxygen atoms in total. The fourth-order valence-electron chi connectivity index (χ4n) is 3.53. The van der Waals surface area contributed by atoms with E-state index in [0.717, 1.165) is 30.2 Å². The number of rotatable bonds is 3. The summed E-state index contributed by atoms with van der Waals surface area (Å²) in [5.41, 5.74) is 1.70. The van der Waals surface area contributed by atoms with Gasteiger partial charge in [0.15, 0.2) is 0 Å². The monoisotopic (exact) mass is 339 g/mol. The Kier molecular flexibility index (Phi) is 4.42. The first-order valence-corrected chi connectivity index (χ1v) is 9.71. The maximum atomic E-state index is 12.2. The predicted octanol–water partition coefficient (Wildman–Crippen LogP) is 1.42. The smallest absolute Gasteiger partial charge is 0.235 e. The number of nitrogens with zero attached hydrogens (tertiary/aromatic N) is 2. The molecule has 0 aromatic heterocycles. The van der Waals surface area contributed by atoms with Crippen molar-refractivity contribution in [3.05, 3.63) is 18.2 Å². The van der Waals surface area contributed by atoms with Crippen LogP contribution in [-0.2, 0) is 10.0 Å². The third-order valence-electron chi connectivity index (χ3n) is 4.45. The molecule has 2 saturated heterocycles. The number of hydrogen-bond acceptors (Lipinski definition) is 5. The number of nitrogens with one attached hydrogen (secondary N) is 1. The maximum Gasteiger partial charge on any atom is 0.235 e. The van der Waals surface area contributed by atoms with Crippen molar-refractivity contribution in [2.24, 2.45) is 0 Å². The van der Waals surface area contributed by atoms with Gasteiger partial charge in [-0.25, -0.2) is 8.42 Å². The summed E-state index contributed by atoms with van der Waals surface area (Å²) in [5.74, 6) is 1.02. The molecule has 2 heterocycles. The quantitative estimate of drug-likeness (QED) is 0.902. The minimum absolute atomic E-state index is 0.232. The molecule has 2 fully saturated rings. The Hall–Kier alpha value is -1.47. The number of anilines is 2. The Morgan fingerprint density at radius 2 is 1.91 bits per heavy atom. The van der Waals surface area contributed by atoms with E-state index in [4.69, 9.17) is 4.74 Å². The van der Waals surface area contributed by atoms with Gasteiger partial charge in [-0.3, -0.25) is 4.31 Å². The zero-order valence-electron chi connectivity index (χ0n) is 13.9. The zero-order chi connectivity index (χ0) is 16.6. The highest BCUT2D eigenvalue weighted by Gasteiger charge is 2.30. The fourth-order valence-corrected chi connectivity index (χ4v) is 5.09. The van der Waals surface area contributed by atoms with E-state index < -0.39 is 10.0 Å². The van der Waals surface area contributed by atoms with Gasteiger partial charge < -0.3 is 15.0 Å². The fraction of sp³-hybridized carbons (Fsp3) is 0.625. The van der Waals surface area contributed by atoms with Gasteiger partial charge in [0.1, 0.15) is 5.75 Å². The number of methoxy groups -OCH3 is 1. The van der Waals surface area contributed by atoms with Gasteiger partial charge in [-0.15, -0.1) is 0 Å². The minimum atomic E-state index is -3.17. The number of benzene rings is 1. The molecule has 0 unspecified atom stereocenters. The lowest BCUT2D eigenvalue weighted by Crippen LogP contribution is -2.54. The minimum Gasteiger partial charge on any atom is -0.495 e. The van der Waals surface area contributed by atoms with Crippen molar-refractivity contribution in [3.63, 3.8) is 0 Å². The van der Waals surface area contributed by atoms with E-state index in [1.807, 2.05) is 18.2 Å². The van der Waals surface area contributed by atoms with Gasteiger partial charge >= 0.3 is 0 Å². The number of ether oxygens (including phenoxy) is 1. The lowest BCUT2D eigenvalue weighted by Gasteiger charge is -2.38. The van der Waals surface area contributed by atoms with E-state index in [-0.39, 0.29) is 5.75 Å². The number of sulfonamides is 1. The average molecular weight is 339 g/mol. The van der Waals surface area contributed by atoms with Gasteiger partial charge in [0.25, 0.3) is 0 Å². The van der Waals surface area contributed by atoms with Crippen LogP contribution in [0.4, 0.5) is 11.4 Å². The molecule has 0 radical (unpaired) electrons. The van der Waals surface area contributed by atoms with Crippen molar-refractivity contribution in [1.82, 2.24) is 5.32 Å². The van der Waals surface area contributed by atoms with Gasteiger partial charge in [0.2, 0.25) is 10.0 Å². The topological polar surface area (TPSA) is 61.9 Å². The Morgan fingerprint density at radius 3 is 2.48 bits per heavy atom. The average Bonchev–Trinajstić information content (AvgIpc) is 2.85. The van der Waals surface area contributed by atoms with Crippen molar-refractivity contribution in [3.8, 4) is 5.75 Å². The van der Waals surface area contributed by atoms with Gasteiger partial charge in [-0.1, -0.05) is 0 Å². The van der Waals surface area contributed by atoms with Crippen LogP contribution in [0.1, 0.15) is 20.3 Å². The molecule has 0 saturated carbocycles. The molecular formula is C16H25N3O3S. The summed E-state index contributed by atoms with van der Waals surface area (Å²) in [6.45, 7) is 6.62. The second-order valence-corrected chi connectivity index (χ2v) is 8.48. The van der Waals surface area contributed by atoms with Crippen molar-refractivity contribution in [2.75, 3.05) is 41.7 Å². The normalized spacial score (nSPS) is 27.3. The first kappa shape index (κ1) is 16.4. The third kappa shape index (κ3) is 3.26. The molecule has 1 aromatic carbocycles. The summed E-state index contributed by atoms with van der Waals surface area (Å²) in [7, 11) is -1.51. The van der Waals surface area contributed by atoms with Crippen molar-refractivity contribution >= 4 is 21.4 Å². The maximum absolute atomic E-state index is 12.2. The predicted molar refractivity (Wildman–Crippen MR) is 93.0 cm³/mol. The summed E-state index contributed by atoms with van der Waals surface area (Å²) in [5, 5.41) is 3.51. The molecule has 0 spiro atoms. The van der Waals surface area contributed by atoms with Gasteiger partial charge in [-0.2, -0.15) is 0 Å². The van der Waals surface area contributed by atoms with Gasteiger partial charge in [0.05, 0.1) is 24.2 Å². The SMILES string of the molecule is COc1ccc(N2CCCS2(=O)=O)cc1N1C[C@@H](C)N[C@@H](C)C1. The molecule has 0 bridgehead atoms. The molecule has 2 aliphatic heterocycles. The van der Waals surface area contributed by atoms with Crippen LogP contribution in [0, 0.1) is 0 Å². The second-order valence-electron chi connectivity index (χ2n) is 6.47. The van der Waals surface area contributed by atoms with E-state index in [2.05, 4.69) is 24.1 Å². The van der Waals surface area contributed by atoms with Crippen molar-refractivity contribution in [1.29, 1.82) is 0 Å². The van der Waals surface area contributed by atoms with E-state index in [0.29, 0.717) is 25.0 Å². The molecule has 23 heavy (non-hydrogen) atoms. The highest BCUT2D eigenvalue weighted by molar-refractivity contribution is 7.93. The third-order valence-corrected chi connectivity index (χ3v) is 6.32. The molecule has 1 N–H and O–H groups in total. The Bertz CT molecular complexity index is 667. The lowest BCUT2D eigenvalue weighted by molar-refractivity contribution is 0.391. The summed E-state index contributed by atoms with van der Waals surface area (Å²) in [4.78, 5) is 2.27. The second kappa shape index (κ2) is 6.20. The standard InChI is InChI=1S/C16H25N3O3S/c1-12-10-18(11-13(2)17-12)15-9-14(5-6-16(15)22-3)19-7-4-8-23(19,20)21/h5-6,9,12-13,17H,4,7-8,10-11H2,1-3H3/t12-,13+. The van der Waals surface area contributed by atoms with E-state index >= 15 is 0 Å². The van der Waals surface area contributed by atoms with Crippen LogP contribution in [0.15, 0.2) is 18.2 Å². The van der Waals surface area contributed by atoms with Crippen molar-refractivity contribution in [2.45, 2.75) is 32.4 Å². The van der Waals surface area contributed by atoms with Crippen LogP contribution in [0.2, 0.25) is 0 Å². The van der Waals surface area contributed by atoms with Gasteiger partial charge in [0, 0.05) is 31.7 Å². The highest BCUT2D eigenvalue weighted by atomic mass is 32.2. The van der Waals surface area contributed by atoms with E-state index in [1.54, 1.807) is 7.11 Å². The van der Waals surface area contributed by atoms with Crippen LogP contribution in [0.3, 0.4) is 0 Å². The van der Waals surface area contributed by atoms with E-state index in [1.165, 1.54) is 4.31 Å². The van der Waals surface area contributed by atoms with Crippen LogP contribution in [0.25, 0.3) is 0 Å². The molecule has 128 valence electrons. The summed E-state index contributed by atoms with van der Waals surface area (Å²) < 4.78 is 31.4. The molecule has 0 amide bonds. The molecule has 3 rings (SSSR count). The molecule has 7 heteroatoms. The Balaban J connectivity index is 1.97. The molecular weight excluding hydrogens is 314 g/mol. The number of piperazine rings is 1. The first-order valence-electron chi connectivity index (χ1n) is 8.10. The van der Waals surface area contributed by atoms with E-state index in [9.17, 15) is 8.42 Å². The van der Waals surface area contributed by atoms with Gasteiger partial charge in [-0.05, 0) is 38.5 Å². The van der Waals surface area contributed by atoms with Crippen LogP contribution in [-0.4, -0.2) is 53.0 Å². The summed E-state index contributed by atoms with van der Waals surface area (Å²) in [6.07, 6.45) is 0.686. The van der Waals surface area contributed by atoms with Crippen LogP contribution >= 0.6 is 0 Å².